The molecule has 0 aliphatic heterocycles. The van der Waals surface area contributed by atoms with E-state index >= 15 is 0 Å². The third-order valence-electron chi connectivity index (χ3n) is 7.23. The number of hydrogen-bond acceptors (Lipinski definition) is 4. The maximum Gasteiger partial charge on any atom is 0.328 e. The third-order valence-corrected chi connectivity index (χ3v) is 7.23. The first-order chi connectivity index (χ1) is 16.7. The highest BCUT2D eigenvalue weighted by atomic mass is 16.1. The summed E-state index contributed by atoms with van der Waals surface area (Å²) in [7, 11) is 0. The van der Waals surface area contributed by atoms with Gasteiger partial charge in [0.2, 0.25) is 0 Å². The highest BCUT2D eigenvalue weighted by Crippen LogP contribution is 2.33. The Labute approximate surface area is 200 Å². The lowest BCUT2D eigenvalue weighted by molar-refractivity contribution is 0.425. The fraction of sp³-hybridized carbons (Fsp3) is 0.407. The van der Waals surface area contributed by atoms with Crippen molar-refractivity contribution in [1.82, 2.24) is 29.3 Å². The molecule has 7 nitrogen and oxygen atoms in total. The quantitative estimate of drug-likeness (QED) is 0.375. The van der Waals surface area contributed by atoms with Gasteiger partial charge in [-0.25, -0.2) is 4.79 Å². The molecule has 4 aromatic rings. The molecule has 2 heterocycles. The van der Waals surface area contributed by atoms with Crippen molar-refractivity contribution in [3.8, 4) is 16.8 Å². The molecule has 0 N–H and O–H groups in total. The van der Waals surface area contributed by atoms with Gasteiger partial charge in [0.15, 0.2) is 0 Å². The highest BCUT2D eigenvalue weighted by molar-refractivity contribution is 5.72. The first-order valence-corrected chi connectivity index (χ1v) is 12.4. The lowest BCUT2D eigenvalue weighted by Gasteiger charge is -2.22. The number of rotatable bonds is 7. The Balaban J connectivity index is 1.46. The molecule has 0 radical (unpaired) electrons. The minimum absolute atomic E-state index is 0.114. The Bertz CT molecular complexity index is 1280. The number of imidazole rings is 1. The van der Waals surface area contributed by atoms with Crippen LogP contribution in [0.3, 0.4) is 0 Å². The van der Waals surface area contributed by atoms with Gasteiger partial charge in [0, 0.05) is 29.4 Å². The number of nitrogens with zero attached hydrogens (tertiary/aromatic N) is 6. The largest absolute Gasteiger partial charge is 0.328 e. The third kappa shape index (κ3) is 4.34. The molecule has 1 aliphatic rings. The first-order valence-electron chi connectivity index (χ1n) is 12.4. The summed E-state index contributed by atoms with van der Waals surface area (Å²) in [5.74, 6) is 0.481. The van der Waals surface area contributed by atoms with Gasteiger partial charge >= 0.3 is 5.69 Å². The number of tetrazole rings is 1. The van der Waals surface area contributed by atoms with Crippen molar-refractivity contribution >= 4 is 0 Å². The lowest BCUT2D eigenvalue weighted by atomic mass is 9.87. The van der Waals surface area contributed by atoms with E-state index in [0.717, 1.165) is 28.8 Å². The summed E-state index contributed by atoms with van der Waals surface area (Å²) in [5, 5.41) is 11.6. The summed E-state index contributed by atoms with van der Waals surface area (Å²) in [6.07, 6.45) is 10.9. The second-order valence-electron chi connectivity index (χ2n) is 9.39. The van der Waals surface area contributed by atoms with E-state index in [1.165, 1.54) is 37.8 Å². The van der Waals surface area contributed by atoms with Crippen molar-refractivity contribution in [2.45, 2.75) is 70.9 Å². The molecule has 7 heteroatoms. The first kappa shape index (κ1) is 22.3. The Morgan fingerprint density at radius 1 is 1.03 bits per heavy atom. The van der Waals surface area contributed by atoms with Crippen LogP contribution in [0.15, 0.2) is 65.8 Å². The van der Waals surface area contributed by atoms with Gasteiger partial charge in [-0.2, -0.15) is 4.68 Å². The zero-order valence-electron chi connectivity index (χ0n) is 20.0. The predicted octanol–water partition coefficient (Wildman–Crippen LogP) is 5.36. The van der Waals surface area contributed by atoms with Crippen molar-refractivity contribution in [3.05, 3.63) is 82.8 Å². The smallest absolute Gasteiger partial charge is 0.296 e. The van der Waals surface area contributed by atoms with Crippen LogP contribution in [0.25, 0.3) is 16.8 Å². The molecule has 0 amide bonds. The van der Waals surface area contributed by atoms with Crippen LogP contribution in [-0.4, -0.2) is 29.3 Å². The van der Waals surface area contributed by atoms with Crippen LogP contribution in [0.2, 0.25) is 0 Å². The molecule has 2 aromatic carbocycles. The molecule has 0 bridgehead atoms. The molecule has 1 aliphatic carbocycles. The van der Waals surface area contributed by atoms with E-state index in [0.29, 0.717) is 12.5 Å². The van der Waals surface area contributed by atoms with Crippen LogP contribution in [0.4, 0.5) is 0 Å². The molecule has 34 heavy (non-hydrogen) atoms. The molecular formula is C27H32N6O. The van der Waals surface area contributed by atoms with Gasteiger partial charge < -0.3 is 0 Å². The Morgan fingerprint density at radius 3 is 2.50 bits per heavy atom. The van der Waals surface area contributed by atoms with Crippen molar-refractivity contribution in [2.75, 3.05) is 0 Å². The van der Waals surface area contributed by atoms with Gasteiger partial charge in [0.05, 0.1) is 12.2 Å². The molecule has 1 atom stereocenters. The van der Waals surface area contributed by atoms with Crippen LogP contribution in [0.1, 0.15) is 75.6 Å². The summed E-state index contributed by atoms with van der Waals surface area (Å²) >= 11 is 0. The fourth-order valence-electron chi connectivity index (χ4n) is 5.07. The van der Waals surface area contributed by atoms with E-state index < -0.39 is 0 Å². The van der Waals surface area contributed by atoms with E-state index in [-0.39, 0.29) is 11.7 Å². The molecule has 1 saturated carbocycles. The van der Waals surface area contributed by atoms with Crippen LogP contribution < -0.4 is 5.69 Å². The fourth-order valence-corrected chi connectivity index (χ4v) is 5.07. The Hall–Kier alpha value is -3.48. The number of aromatic nitrogens is 6. The van der Waals surface area contributed by atoms with Gasteiger partial charge in [0.25, 0.3) is 0 Å². The van der Waals surface area contributed by atoms with E-state index in [1.807, 2.05) is 27.3 Å². The standard InChI is InChI=1S/C27H32N6O/c1-3-20(2)31-18-26(23-9-5-4-6-10-23)32(27(31)34)17-21-13-15-22(16-14-21)24-11-7-8-12-25(24)33-19-28-29-30-33/h7-8,11-16,18-20,23H,3-6,9-10,17H2,1-2H3. The number of benzene rings is 2. The zero-order chi connectivity index (χ0) is 23.5. The molecule has 2 aromatic heterocycles. The van der Waals surface area contributed by atoms with Crippen LogP contribution in [-0.2, 0) is 6.54 Å². The van der Waals surface area contributed by atoms with Crippen LogP contribution in [0, 0.1) is 0 Å². The van der Waals surface area contributed by atoms with Crippen molar-refractivity contribution in [2.24, 2.45) is 0 Å². The minimum atomic E-state index is 0.114. The number of para-hydroxylation sites is 1. The monoisotopic (exact) mass is 456 g/mol. The normalized spacial score (nSPS) is 15.5. The van der Waals surface area contributed by atoms with E-state index in [1.54, 1.807) is 11.0 Å². The van der Waals surface area contributed by atoms with Gasteiger partial charge in [-0.15, -0.1) is 5.10 Å². The van der Waals surface area contributed by atoms with Crippen molar-refractivity contribution < 1.29 is 0 Å². The molecular weight excluding hydrogens is 424 g/mol. The highest BCUT2D eigenvalue weighted by Gasteiger charge is 2.23. The SMILES string of the molecule is CCC(C)n1cc(C2CCCCC2)n(Cc2ccc(-c3ccccc3-n3cnnn3)cc2)c1=O. The summed E-state index contributed by atoms with van der Waals surface area (Å²) in [6, 6.07) is 16.8. The van der Waals surface area contributed by atoms with Crippen molar-refractivity contribution in [3.63, 3.8) is 0 Å². The predicted molar refractivity (Wildman–Crippen MR) is 133 cm³/mol. The summed E-state index contributed by atoms with van der Waals surface area (Å²) in [4.78, 5) is 13.4. The van der Waals surface area contributed by atoms with E-state index in [9.17, 15) is 4.79 Å². The average molecular weight is 457 g/mol. The summed E-state index contributed by atoms with van der Waals surface area (Å²) in [5.41, 5.74) is 5.53. The van der Waals surface area contributed by atoms with Gasteiger partial charge in [-0.05, 0) is 53.8 Å². The van der Waals surface area contributed by atoms with Gasteiger partial charge in [0.1, 0.15) is 6.33 Å². The van der Waals surface area contributed by atoms with Crippen LogP contribution in [0.5, 0.6) is 0 Å². The molecule has 1 fully saturated rings. The average Bonchev–Trinajstić information content (AvgIpc) is 3.54. The van der Waals surface area contributed by atoms with E-state index in [4.69, 9.17) is 0 Å². The number of hydrogen-bond donors (Lipinski definition) is 0. The lowest BCUT2D eigenvalue weighted by Crippen LogP contribution is -2.27. The molecule has 176 valence electrons. The summed E-state index contributed by atoms with van der Waals surface area (Å²) in [6.45, 7) is 4.87. The molecule has 1 unspecified atom stereocenters. The van der Waals surface area contributed by atoms with E-state index in [2.05, 4.69) is 65.9 Å². The van der Waals surface area contributed by atoms with Crippen molar-refractivity contribution in [1.29, 1.82) is 0 Å². The second-order valence-corrected chi connectivity index (χ2v) is 9.39. The zero-order valence-corrected chi connectivity index (χ0v) is 20.0. The molecule has 0 saturated heterocycles. The maximum absolute atomic E-state index is 13.4. The van der Waals surface area contributed by atoms with Gasteiger partial charge in [-0.3, -0.25) is 9.13 Å². The summed E-state index contributed by atoms with van der Waals surface area (Å²) < 4.78 is 5.64. The Kier molecular flexibility index (Phi) is 6.43. The minimum Gasteiger partial charge on any atom is -0.296 e. The van der Waals surface area contributed by atoms with Crippen LogP contribution >= 0.6 is 0 Å². The van der Waals surface area contributed by atoms with Gasteiger partial charge in [-0.1, -0.05) is 68.7 Å². The second kappa shape index (κ2) is 9.79. The Morgan fingerprint density at radius 2 is 1.79 bits per heavy atom. The molecule has 0 spiro atoms. The topological polar surface area (TPSA) is 70.5 Å². The molecule has 5 rings (SSSR count). The maximum atomic E-state index is 13.4.